The van der Waals surface area contributed by atoms with Gasteiger partial charge in [-0.3, -0.25) is 0 Å². The molecule has 0 aromatic rings. The minimum atomic E-state index is 0. The van der Waals surface area contributed by atoms with Crippen molar-refractivity contribution < 1.29 is 17.0 Å². The molecule has 0 rings (SSSR count). The van der Waals surface area contributed by atoms with Gasteiger partial charge in [0.05, 0.1) is 0 Å². The van der Waals surface area contributed by atoms with Crippen molar-refractivity contribution in [3.8, 4) is 0 Å². The third kappa shape index (κ3) is 13.6. The second-order valence-electron chi connectivity index (χ2n) is 3.25. The van der Waals surface area contributed by atoms with Gasteiger partial charge in [-0.05, 0) is 26.7 Å². The zero-order chi connectivity index (χ0) is 7.98. The first kappa shape index (κ1) is 18.7. The van der Waals surface area contributed by atoms with E-state index in [4.69, 9.17) is 0 Å². The molecule has 0 heterocycles. The van der Waals surface area contributed by atoms with Crippen LogP contribution in [-0.4, -0.2) is 23.1 Å². The fourth-order valence-electron chi connectivity index (χ4n) is 0.801. The van der Waals surface area contributed by atoms with Crippen LogP contribution in [0.25, 0.3) is 0 Å². The number of allylic oxidation sites excluding steroid dienone is 2. The molecule has 0 spiro atoms. The largest absolute Gasteiger partial charge is 2.00 e. The van der Waals surface area contributed by atoms with Crippen LogP contribution >= 0.6 is 0 Å². The summed E-state index contributed by atoms with van der Waals surface area (Å²) in [6.07, 6.45) is 5.87. The van der Waals surface area contributed by atoms with E-state index < -0.39 is 0 Å². The van der Waals surface area contributed by atoms with E-state index in [9.17, 15) is 0 Å². The van der Waals surface area contributed by atoms with E-state index in [0.29, 0.717) is 0 Å². The summed E-state index contributed by atoms with van der Waals surface area (Å²) in [5.74, 6) is 0.788. The van der Waals surface area contributed by atoms with Crippen LogP contribution in [-0.2, 0) is 0 Å². The van der Waals surface area contributed by atoms with Crippen molar-refractivity contribution >= 4 is 23.1 Å². The van der Waals surface area contributed by atoms with Gasteiger partial charge in [-0.25, -0.2) is 0 Å². The Morgan fingerprint density at radius 1 is 1.42 bits per heavy atom. The molecule has 0 aromatic heterocycles. The molecule has 68 valence electrons. The van der Waals surface area contributed by atoms with E-state index in [1.165, 1.54) is 18.4 Å². The maximum absolute atomic E-state index is 3.86. The quantitative estimate of drug-likeness (QED) is 0.376. The van der Waals surface area contributed by atoms with Crippen LogP contribution in [0.1, 0.15) is 40.0 Å². The molecule has 0 N–H and O–H groups in total. The van der Waals surface area contributed by atoms with Gasteiger partial charge in [0.2, 0.25) is 0 Å². The van der Waals surface area contributed by atoms with Crippen LogP contribution in [0.4, 0.5) is 0 Å². The summed E-state index contributed by atoms with van der Waals surface area (Å²) in [5.41, 5.74) is 1.43. The molecule has 0 aliphatic rings. The SMILES string of the molecule is [Br-].[CH2-]C[C@@H](C)CCC=C(C)C.[Mg+2]. The first-order valence-electron chi connectivity index (χ1n) is 4.09. The zero-order valence-electron chi connectivity index (χ0n) is 8.57. The first-order valence-corrected chi connectivity index (χ1v) is 4.09. The van der Waals surface area contributed by atoms with Crippen molar-refractivity contribution in [3.05, 3.63) is 18.6 Å². The van der Waals surface area contributed by atoms with E-state index in [0.717, 1.165) is 12.3 Å². The summed E-state index contributed by atoms with van der Waals surface area (Å²) in [7, 11) is 0. The van der Waals surface area contributed by atoms with Crippen LogP contribution in [0.5, 0.6) is 0 Å². The Bertz CT molecular complexity index is 106. The fraction of sp³-hybridized carbons (Fsp3) is 0.700. The van der Waals surface area contributed by atoms with Gasteiger partial charge in [0, 0.05) is 0 Å². The van der Waals surface area contributed by atoms with Crippen molar-refractivity contribution in [1.29, 1.82) is 0 Å². The molecule has 0 fully saturated rings. The summed E-state index contributed by atoms with van der Waals surface area (Å²) in [6, 6.07) is 0. The number of hydrogen-bond donors (Lipinski definition) is 0. The van der Waals surface area contributed by atoms with Gasteiger partial charge in [-0.1, -0.05) is 24.5 Å². The molecule has 0 saturated heterocycles. The molecule has 0 aromatic carbocycles. The molecule has 0 radical (unpaired) electrons. The second-order valence-corrected chi connectivity index (χ2v) is 3.25. The molecule has 12 heavy (non-hydrogen) atoms. The summed E-state index contributed by atoms with van der Waals surface area (Å²) >= 11 is 0. The molecule has 0 bridgehead atoms. The Labute approximate surface area is 104 Å². The third-order valence-corrected chi connectivity index (χ3v) is 1.70. The molecule has 0 aliphatic heterocycles. The van der Waals surface area contributed by atoms with Crippen LogP contribution < -0.4 is 17.0 Å². The molecule has 1 atom stereocenters. The smallest absolute Gasteiger partial charge is 1.00 e. The first-order chi connectivity index (χ1) is 4.66. The Hall–Kier alpha value is 0.986. The molecule has 0 unspecified atom stereocenters. The van der Waals surface area contributed by atoms with Gasteiger partial charge in [0.1, 0.15) is 0 Å². The van der Waals surface area contributed by atoms with Gasteiger partial charge < -0.3 is 23.9 Å². The van der Waals surface area contributed by atoms with Crippen LogP contribution in [0.3, 0.4) is 0 Å². The second kappa shape index (κ2) is 12.0. The van der Waals surface area contributed by atoms with E-state index >= 15 is 0 Å². The third-order valence-electron chi connectivity index (χ3n) is 1.70. The Balaban J connectivity index is -0.000000405. The molecule has 0 amide bonds. The topological polar surface area (TPSA) is 0 Å². The van der Waals surface area contributed by atoms with Crippen molar-refractivity contribution in [2.45, 2.75) is 40.0 Å². The number of rotatable bonds is 4. The van der Waals surface area contributed by atoms with Gasteiger partial charge in [0.25, 0.3) is 0 Å². The van der Waals surface area contributed by atoms with Gasteiger partial charge in [-0.2, -0.15) is 6.42 Å². The number of halogens is 1. The predicted molar refractivity (Wildman–Crippen MR) is 53.6 cm³/mol. The van der Waals surface area contributed by atoms with Crippen molar-refractivity contribution in [1.82, 2.24) is 0 Å². The maximum atomic E-state index is 3.86. The van der Waals surface area contributed by atoms with E-state index in [1.54, 1.807) is 0 Å². The molecule has 0 aliphatic carbocycles. The molecule has 0 saturated carbocycles. The van der Waals surface area contributed by atoms with Gasteiger partial charge in [-0.15, -0.1) is 0 Å². The van der Waals surface area contributed by atoms with Gasteiger partial charge >= 0.3 is 23.1 Å². The van der Waals surface area contributed by atoms with Crippen LogP contribution in [0.2, 0.25) is 0 Å². The van der Waals surface area contributed by atoms with Crippen LogP contribution in [0.15, 0.2) is 11.6 Å². The summed E-state index contributed by atoms with van der Waals surface area (Å²) in [6.45, 7) is 10.4. The average Bonchev–Trinajstić information content (AvgIpc) is 1.87. The minimum absolute atomic E-state index is 0. The Morgan fingerprint density at radius 3 is 2.25 bits per heavy atom. The normalized spacial score (nSPS) is 10.7. The fourth-order valence-corrected chi connectivity index (χ4v) is 0.801. The van der Waals surface area contributed by atoms with Crippen LogP contribution in [0, 0.1) is 12.8 Å². The predicted octanol–water partition coefficient (Wildman–Crippen LogP) is 0.216. The van der Waals surface area contributed by atoms with E-state index in [2.05, 4.69) is 33.8 Å². The summed E-state index contributed by atoms with van der Waals surface area (Å²) in [5, 5.41) is 0. The zero-order valence-corrected chi connectivity index (χ0v) is 11.6. The molecule has 0 nitrogen and oxygen atoms in total. The van der Waals surface area contributed by atoms with Crippen molar-refractivity contribution in [3.63, 3.8) is 0 Å². The minimum Gasteiger partial charge on any atom is -1.00 e. The van der Waals surface area contributed by atoms with Gasteiger partial charge in [0.15, 0.2) is 0 Å². The molecule has 2 heteroatoms. The van der Waals surface area contributed by atoms with Crippen molar-refractivity contribution in [2.24, 2.45) is 5.92 Å². The number of hydrogen-bond acceptors (Lipinski definition) is 0. The molecular formula is C10H19BrMg. The average molecular weight is 243 g/mol. The van der Waals surface area contributed by atoms with Crippen molar-refractivity contribution in [2.75, 3.05) is 0 Å². The molecular weight excluding hydrogens is 224 g/mol. The monoisotopic (exact) mass is 242 g/mol. The summed E-state index contributed by atoms with van der Waals surface area (Å²) < 4.78 is 0. The summed E-state index contributed by atoms with van der Waals surface area (Å²) in [4.78, 5) is 0. The van der Waals surface area contributed by atoms with E-state index in [-0.39, 0.29) is 40.0 Å². The maximum Gasteiger partial charge on any atom is 2.00 e. The van der Waals surface area contributed by atoms with E-state index in [1.807, 2.05) is 0 Å². The Morgan fingerprint density at radius 2 is 1.92 bits per heavy atom. The Kier molecular flexibility index (Phi) is 18.7. The standard InChI is InChI=1S/C10H19.BrH.Mg/c1-5-10(4)8-6-7-9(2)3;;/h7,10H,1,5-6,8H2,2-4H3;1H;/q-1;;+2/p-1/t10-;;/m1../s1.